The van der Waals surface area contributed by atoms with Crippen molar-refractivity contribution in [2.24, 2.45) is 0 Å². The van der Waals surface area contributed by atoms with E-state index < -0.39 is 11.9 Å². The average Bonchev–Trinajstić information content (AvgIpc) is 2.39. The molecule has 2 heterocycles. The Balaban J connectivity index is 2.16. The van der Waals surface area contributed by atoms with Gasteiger partial charge in [0.15, 0.2) is 0 Å². The van der Waals surface area contributed by atoms with E-state index in [0.717, 1.165) is 12.3 Å². The second-order valence-corrected chi connectivity index (χ2v) is 3.76. The van der Waals surface area contributed by atoms with E-state index in [-0.39, 0.29) is 12.0 Å². The minimum atomic E-state index is -4.49. The van der Waals surface area contributed by atoms with Crippen molar-refractivity contribution in [3.63, 3.8) is 0 Å². The summed E-state index contributed by atoms with van der Waals surface area (Å²) in [5.41, 5.74) is -0.351. The van der Waals surface area contributed by atoms with E-state index >= 15 is 0 Å². The van der Waals surface area contributed by atoms with Gasteiger partial charge in [-0.15, -0.1) is 0 Å². The highest BCUT2D eigenvalue weighted by molar-refractivity contribution is 5.29. The predicted molar refractivity (Wildman–Crippen MR) is 61.1 cm³/mol. The van der Waals surface area contributed by atoms with Gasteiger partial charge in [0.25, 0.3) is 0 Å². The van der Waals surface area contributed by atoms with Crippen molar-refractivity contribution < 1.29 is 13.2 Å². The van der Waals surface area contributed by atoms with Gasteiger partial charge in [-0.2, -0.15) is 13.2 Å². The van der Waals surface area contributed by atoms with Crippen molar-refractivity contribution in [1.29, 1.82) is 0 Å². The molecule has 0 aliphatic heterocycles. The molecule has 0 amide bonds. The van der Waals surface area contributed by atoms with Gasteiger partial charge in [-0.1, -0.05) is 0 Å². The summed E-state index contributed by atoms with van der Waals surface area (Å²) in [6.45, 7) is 1.74. The molecule has 8 heteroatoms. The van der Waals surface area contributed by atoms with E-state index in [0.29, 0.717) is 5.69 Å². The topological polar surface area (TPSA) is 63.6 Å². The van der Waals surface area contributed by atoms with Crippen LogP contribution in [0.5, 0.6) is 0 Å². The molecular weight excluding hydrogens is 259 g/mol. The quantitative estimate of drug-likeness (QED) is 0.927. The molecule has 0 saturated heterocycles. The van der Waals surface area contributed by atoms with Gasteiger partial charge in [0.2, 0.25) is 5.95 Å². The van der Waals surface area contributed by atoms with Gasteiger partial charge in [-0.25, -0.2) is 19.9 Å². The van der Waals surface area contributed by atoms with Crippen LogP contribution in [0.15, 0.2) is 30.9 Å². The number of halogens is 3. The van der Waals surface area contributed by atoms with Crippen LogP contribution in [0, 0.1) is 0 Å². The molecule has 0 fully saturated rings. The Morgan fingerprint density at radius 1 is 1.16 bits per heavy atom. The number of alkyl halides is 3. The summed E-state index contributed by atoms with van der Waals surface area (Å²) >= 11 is 0. The molecule has 2 aromatic heterocycles. The van der Waals surface area contributed by atoms with Gasteiger partial charge < -0.3 is 5.32 Å². The van der Waals surface area contributed by atoms with E-state index in [4.69, 9.17) is 0 Å². The van der Waals surface area contributed by atoms with Crippen molar-refractivity contribution in [2.75, 3.05) is 5.32 Å². The smallest absolute Gasteiger partial charge is 0.346 e. The van der Waals surface area contributed by atoms with Crippen LogP contribution < -0.4 is 5.32 Å². The van der Waals surface area contributed by atoms with Gasteiger partial charge in [0.1, 0.15) is 12.0 Å². The molecule has 1 unspecified atom stereocenters. The van der Waals surface area contributed by atoms with Crippen LogP contribution in [0.3, 0.4) is 0 Å². The summed E-state index contributed by atoms with van der Waals surface area (Å²) in [7, 11) is 0. The van der Waals surface area contributed by atoms with Crippen LogP contribution in [-0.4, -0.2) is 19.9 Å². The van der Waals surface area contributed by atoms with Gasteiger partial charge in [-0.05, 0) is 19.1 Å². The minimum absolute atomic E-state index is 0.0964. The predicted octanol–water partition coefficient (Wildman–Crippen LogP) is 2.46. The molecule has 5 nitrogen and oxygen atoms in total. The Hall–Kier alpha value is -2.25. The first-order valence-electron chi connectivity index (χ1n) is 5.39. The normalized spacial score (nSPS) is 13.1. The fourth-order valence-electron chi connectivity index (χ4n) is 1.41. The van der Waals surface area contributed by atoms with Crippen LogP contribution in [0.1, 0.15) is 24.4 Å². The van der Waals surface area contributed by atoms with E-state index in [1.807, 2.05) is 0 Å². The number of nitrogens with one attached hydrogen (secondary N) is 1. The highest BCUT2D eigenvalue weighted by Gasteiger charge is 2.32. The summed E-state index contributed by atoms with van der Waals surface area (Å²) < 4.78 is 37.5. The van der Waals surface area contributed by atoms with E-state index in [1.54, 1.807) is 19.2 Å². The first kappa shape index (κ1) is 13.2. The number of nitrogens with zero attached hydrogens (tertiary/aromatic N) is 4. The number of rotatable bonds is 3. The molecule has 19 heavy (non-hydrogen) atoms. The maximum atomic E-state index is 12.5. The molecule has 0 aliphatic rings. The molecule has 1 atom stereocenters. The fourth-order valence-corrected chi connectivity index (χ4v) is 1.41. The summed E-state index contributed by atoms with van der Waals surface area (Å²) in [5, 5.41) is 2.76. The number of hydrogen-bond acceptors (Lipinski definition) is 5. The summed E-state index contributed by atoms with van der Waals surface area (Å²) in [5.74, 6) is -0.0964. The van der Waals surface area contributed by atoms with Gasteiger partial charge in [0, 0.05) is 12.4 Å². The monoisotopic (exact) mass is 269 g/mol. The number of aromatic nitrogens is 4. The van der Waals surface area contributed by atoms with Gasteiger partial charge >= 0.3 is 6.18 Å². The van der Waals surface area contributed by atoms with Crippen molar-refractivity contribution in [3.05, 3.63) is 42.2 Å². The van der Waals surface area contributed by atoms with Gasteiger partial charge in [-0.3, -0.25) is 0 Å². The Labute approximate surface area is 107 Å². The third-order valence-corrected chi connectivity index (χ3v) is 2.34. The Morgan fingerprint density at radius 2 is 1.95 bits per heavy atom. The molecule has 0 saturated carbocycles. The summed E-state index contributed by atoms with van der Waals surface area (Å²) in [6, 6.07) is 2.15. The SMILES string of the molecule is CC(Nc1nccc(C(F)(F)F)n1)c1ccncn1. The zero-order valence-electron chi connectivity index (χ0n) is 9.89. The molecule has 0 bridgehead atoms. The third kappa shape index (κ3) is 3.36. The fraction of sp³-hybridized carbons (Fsp3) is 0.273. The van der Waals surface area contributed by atoms with E-state index in [9.17, 15) is 13.2 Å². The maximum absolute atomic E-state index is 12.5. The standard InChI is InChI=1S/C11H10F3N5/c1-7(8-2-4-15-6-17-8)18-10-16-5-3-9(19-10)11(12,13)14/h2-7H,1H3,(H,16,18,19). The molecule has 2 rings (SSSR count). The van der Waals surface area contributed by atoms with Crippen LogP contribution in [-0.2, 0) is 6.18 Å². The molecule has 0 spiro atoms. The zero-order chi connectivity index (χ0) is 13.9. The van der Waals surface area contributed by atoms with Crippen LogP contribution >= 0.6 is 0 Å². The third-order valence-electron chi connectivity index (χ3n) is 2.34. The summed E-state index contributed by atoms with van der Waals surface area (Å²) in [6.07, 6.45) is -0.517. The molecule has 100 valence electrons. The molecule has 2 aromatic rings. The zero-order valence-corrected chi connectivity index (χ0v) is 9.89. The molecule has 1 N–H and O–H groups in total. The second-order valence-electron chi connectivity index (χ2n) is 3.76. The summed E-state index contributed by atoms with van der Waals surface area (Å²) in [4.78, 5) is 14.9. The second kappa shape index (κ2) is 5.17. The Kier molecular flexibility index (Phi) is 3.59. The van der Waals surface area contributed by atoms with Gasteiger partial charge in [0.05, 0.1) is 11.7 Å². The van der Waals surface area contributed by atoms with Crippen molar-refractivity contribution in [3.8, 4) is 0 Å². The van der Waals surface area contributed by atoms with E-state index in [2.05, 4.69) is 25.3 Å². The number of anilines is 1. The molecule has 0 aliphatic carbocycles. The first-order valence-corrected chi connectivity index (χ1v) is 5.39. The van der Waals surface area contributed by atoms with Crippen LogP contribution in [0.4, 0.5) is 19.1 Å². The molecule has 0 radical (unpaired) electrons. The lowest BCUT2D eigenvalue weighted by molar-refractivity contribution is -0.141. The lowest BCUT2D eigenvalue weighted by Gasteiger charge is -2.13. The molecular formula is C11H10F3N5. The van der Waals surface area contributed by atoms with Crippen molar-refractivity contribution in [2.45, 2.75) is 19.1 Å². The van der Waals surface area contributed by atoms with Crippen LogP contribution in [0.2, 0.25) is 0 Å². The minimum Gasteiger partial charge on any atom is -0.346 e. The maximum Gasteiger partial charge on any atom is 0.433 e. The van der Waals surface area contributed by atoms with E-state index in [1.165, 1.54) is 6.33 Å². The van der Waals surface area contributed by atoms with Crippen molar-refractivity contribution >= 4 is 5.95 Å². The highest BCUT2D eigenvalue weighted by atomic mass is 19.4. The first-order chi connectivity index (χ1) is 8.97. The Bertz CT molecular complexity index is 544. The van der Waals surface area contributed by atoms with Crippen LogP contribution in [0.25, 0.3) is 0 Å². The average molecular weight is 269 g/mol. The lowest BCUT2D eigenvalue weighted by atomic mass is 10.2. The largest absolute Gasteiger partial charge is 0.433 e. The molecule has 0 aromatic carbocycles. The number of hydrogen-bond donors (Lipinski definition) is 1. The Morgan fingerprint density at radius 3 is 2.58 bits per heavy atom. The lowest BCUT2D eigenvalue weighted by Crippen LogP contribution is -2.14. The van der Waals surface area contributed by atoms with Crippen molar-refractivity contribution in [1.82, 2.24) is 19.9 Å². The highest BCUT2D eigenvalue weighted by Crippen LogP contribution is 2.27.